The Kier molecular flexibility index (Phi) is 2.06. The van der Waals surface area contributed by atoms with Gasteiger partial charge in [-0.2, -0.15) is 12.6 Å². The fourth-order valence-electron chi connectivity index (χ4n) is 2.31. The average Bonchev–Trinajstić information content (AvgIpc) is 2.30. The Morgan fingerprint density at radius 3 is 2.40 bits per heavy atom. The second-order valence-corrected chi connectivity index (χ2v) is 4.59. The van der Waals surface area contributed by atoms with E-state index in [9.17, 15) is 0 Å². The summed E-state index contributed by atoms with van der Waals surface area (Å²) in [7, 11) is 0. The molecule has 0 saturated carbocycles. The Bertz CT molecular complexity index is 502. The van der Waals surface area contributed by atoms with Crippen LogP contribution in [0.5, 0.6) is 0 Å². The van der Waals surface area contributed by atoms with Gasteiger partial charge in [0.15, 0.2) is 0 Å². The zero-order valence-corrected chi connectivity index (χ0v) is 9.24. The highest BCUT2D eigenvalue weighted by molar-refractivity contribution is 7.80. The van der Waals surface area contributed by atoms with Gasteiger partial charge in [0.2, 0.25) is 0 Å². The summed E-state index contributed by atoms with van der Waals surface area (Å²) in [6, 6.07) is 17.2. The smallest absolute Gasteiger partial charge is 0.0313 e. The normalized spacial score (nSPS) is 18.1. The van der Waals surface area contributed by atoms with Crippen molar-refractivity contribution in [3.05, 3.63) is 59.7 Å². The summed E-state index contributed by atoms with van der Waals surface area (Å²) >= 11 is 4.67. The molecule has 0 aliphatic heterocycles. The van der Waals surface area contributed by atoms with Gasteiger partial charge < -0.3 is 0 Å². The lowest BCUT2D eigenvalue weighted by molar-refractivity contribution is 0.922. The number of hydrogen-bond acceptors (Lipinski definition) is 1. The van der Waals surface area contributed by atoms with Crippen LogP contribution in [-0.2, 0) is 6.42 Å². The van der Waals surface area contributed by atoms with E-state index in [0.717, 1.165) is 6.42 Å². The van der Waals surface area contributed by atoms with Crippen LogP contribution in [0.2, 0.25) is 0 Å². The van der Waals surface area contributed by atoms with Crippen molar-refractivity contribution >= 4 is 12.6 Å². The van der Waals surface area contributed by atoms with Gasteiger partial charge in [0.05, 0.1) is 0 Å². The van der Waals surface area contributed by atoms with Crippen LogP contribution in [0.3, 0.4) is 0 Å². The Labute approximate surface area is 95.4 Å². The van der Waals surface area contributed by atoms with Crippen molar-refractivity contribution in [3.63, 3.8) is 0 Å². The summed E-state index contributed by atoms with van der Waals surface area (Å²) < 4.78 is 0. The van der Waals surface area contributed by atoms with Crippen LogP contribution in [0, 0.1) is 0 Å². The number of thiol groups is 1. The van der Waals surface area contributed by atoms with E-state index in [1.807, 2.05) is 0 Å². The molecular weight excluding hydrogens is 200 g/mol. The Morgan fingerprint density at radius 2 is 1.53 bits per heavy atom. The first-order valence-corrected chi connectivity index (χ1v) is 5.73. The minimum atomic E-state index is 0.344. The minimum absolute atomic E-state index is 0.344. The monoisotopic (exact) mass is 212 g/mol. The van der Waals surface area contributed by atoms with Gasteiger partial charge in [0, 0.05) is 5.25 Å². The van der Waals surface area contributed by atoms with Gasteiger partial charge >= 0.3 is 0 Å². The lowest BCUT2D eigenvalue weighted by Gasteiger charge is -2.24. The molecule has 2 aromatic carbocycles. The quantitative estimate of drug-likeness (QED) is 0.629. The molecule has 0 amide bonds. The molecule has 1 heteroatoms. The third-order valence-electron chi connectivity index (χ3n) is 3.04. The van der Waals surface area contributed by atoms with Crippen molar-refractivity contribution in [1.82, 2.24) is 0 Å². The van der Waals surface area contributed by atoms with E-state index in [4.69, 9.17) is 0 Å². The second kappa shape index (κ2) is 3.42. The van der Waals surface area contributed by atoms with E-state index in [2.05, 4.69) is 61.2 Å². The van der Waals surface area contributed by atoms with Crippen LogP contribution in [0.1, 0.15) is 16.4 Å². The molecule has 0 fully saturated rings. The maximum absolute atomic E-state index is 4.67. The van der Waals surface area contributed by atoms with Crippen molar-refractivity contribution in [2.75, 3.05) is 0 Å². The number of hydrogen-bond donors (Lipinski definition) is 1. The zero-order chi connectivity index (χ0) is 10.3. The second-order valence-electron chi connectivity index (χ2n) is 3.96. The molecule has 0 spiro atoms. The van der Waals surface area contributed by atoms with Gasteiger partial charge in [-0.15, -0.1) is 0 Å². The highest BCUT2D eigenvalue weighted by atomic mass is 32.1. The first-order valence-electron chi connectivity index (χ1n) is 5.21. The highest BCUT2D eigenvalue weighted by Gasteiger charge is 2.20. The van der Waals surface area contributed by atoms with Gasteiger partial charge in [-0.1, -0.05) is 48.5 Å². The van der Waals surface area contributed by atoms with Crippen LogP contribution < -0.4 is 0 Å². The number of rotatable bonds is 0. The van der Waals surface area contributed by atoms with Gasteiger partial charge in [0.1, 0.15) is 0 Å². The molecule has 0 N–H and O–H groups in total. The summed E-state index contributed by atoms with van der Waals surface area (Å²) in [5, 5.41) is 0.344. The molecule has 3 rings (SSSR count). The molecule has 0 saturated heterocycles. The summed E-state index contributed by atoms with van der Waals surface area (Å²) in [6.07, 6.45) is 1.04. The molecule has 0 radical (unpaired) electrons. The SMILES string of the molecule is SC1Cc2ccccc2-c2ccccc21. The minimum Gasteiger partial charge on any atom is -0.171 e. The number of fused-ring (bicyclic) bond motifs is 3. The molecule has 74 valence electrons. The van der Waals surface area contributed by atoms with Gasteiger partial charge in [-0.05, 0) is 28.7 Å². The van der Waals surface area contributed by atoms with Gasteiger partial charge in [-0.25, -0.2) is 0 Å². The summed E-state index contributed by atoms with van der Waals surface area (Å²) in [5.41, 5.74) is 5.49. The van der Waals surface area contributed by atoms with E-state index in [-0.39, 0.29) is 0 Å². The molecule has 1 aliphatic rings. The third-order valence-corrected chi connectivity index (χ3v) is 3.50. The van der Waals surface area contributed by atoms with Gasteiger partial charge in [0.25, 0.3) is 0 Å². The van der Waals surface area contributed by atoms with E-state index < -0.39 is 0 Å². The van der Waals surface area contributed by atoms with Crippen LogP contribution in [0.15, 0.2) is 48.5 Å². The van der Waals surface area contributed by atoms with Crippen LogP contribution in [0.4, 0.5) is 0 Å². The first-order chi connectivity index (χ1) is 7.36. The molecule has 1 aliphatic carbocycles. The fourth-order valence-corrected chi connectivity index (χ4v) is 2.73. The molecule has 0 aromatic heterocycles. The van der Waals surface area contributed by atoms with Crippen LogP contribution >= 0.6 is 12.6 Å². The van der Waals surface area contributed by atoms with Crippen molar-refractivity contribution < 1.29 is 0 Å². The Hall–Kier alpha value is -1.21. The maximum Gasteiger partial charge on any atom is 0.0313 e. The molecule has 1 unspecified atom stereocenters. The Balaban J connectivity index is 2.30. The molecule has 0 bridgehead atoms. The van der Waals surface area contributed by atoms with E-state index in [1.54, 1.807) is 0 Å². The molecule has 1 atom stereocenters. The average molecular weight is 212 g/mol. The predicted octanol–water partition coefficient (Wildman–Crippen LogP) is 3.88. The zero-order valence-electron chi connectivity index (χ0n) is 8.35. The highest BCUT2D eigenvalue weighted by Crippen LogP contribution is 2.40. The molecule has 2 aromatic rings. The van der Waals surface area contributed by atoms with Gasteiger partial charge in [-0.3, -0.25) is 0 Å². The molecular formula is C14H12S. The van der Waals surface area contributed by atoms with Crippen molar-refractivity contribution in [2.24, 2.45) is 0 Å². The maximum atomic E-state index is 4.67. The third kappa shape index (κ3) is 1.38. The molecule has 15 heavy (non-hydrogen) atoms. The largest absolute Gasteiger partial charge is 0.171 e. The van der Waals surface area contributed by atoms with Crippen molar-refractivity contribution in [2.45, 2.75) is 11.7 Å². The molecule has 0 nitrogen and oxygen atoms in total. The summed E-state index contributed by atoms with van der Waals surface area (Å²) in [6.45, 7) is 0. The van der Waals surface area contributed by atoms with E-state index in [1.165, 1.54) is 22.3 Å². The topological polar surface area (TPSA) is 0 Å². The summed E-state index contributed by atoms with van der Waals surface area (Å²) in [4.78, 5) is 0. The van der Waals surface area contributed by atoms with Crippen molar-refractivity contribution in [3.8, 4) is 11.1 Å². The lowest BCUT2D eigenvalue weighted by atomic mass is 9.85. The molecule has 0 heterocycles. The predicted molar refractivity (Wildman–Crippen MR) is 67.3 cm³/mol. The summed E-state index contributed by atoms with van der Waals surface area (Å²) in [5.74, 6) is 0. The van der Waals surface area contributed by atoms with Crippen LogP contribution in [0.25, 0.3) is 11.1 Å². The standard InChI is InChI=1S/C14H12S/c15-14-9-10-5-1-2-6-11(10)12-7-3-4-8-13(12)14/h1-8,14-15H,9H2. The fraction of sp³-hybridized carbons (Fsp3) is 0.143. The van der Waals surface area contributed by atoms with Crippen LogP contribution in [-0.4, -0.2) is 0 Å². The Morgan fingerprint density at radius 1 is 0.867 bits per heavy atom. The number of benzene rings is 2. The van der Waals surface area contributed by atoms with E-state index >= 15 is 0 Å². The first kappa shape index (κ1) is 9.05. The van der Waals surface area contributed by atoms with Crippen molar-refractivity contribution in [1.29, 1.82) is 0 Å². The lowest BCUT2D eigenvalue weighted by Crippen LogP contribution is -2.06. The van der Waals surface area contributed by atoms with E-state index in [0.29, 0.717) is 5.25 Å².